The molecule has 1 N–H and O–H groups in total. The Morgan fingerprint density at radius 1 is 1.10 bits per heavy atom. The van der Waals surface area contributed by atoms with E-state index >= 15 is 0 Å². The number of ketones is 1. The summed E-state index contributed by atoms with van der Waals surface area (Å²) >= 11 is 0. The van der Waals surface area contributed by atoms with Crippen LogP contribution in [0.25, 0.3) is 5.57 Å². The molecule has 0 spiro atoms. The van der Waals surface area contributed by atoms with E-state index in [2.05, 4.69) is 6.08 Å². The first-order valence-electron chi connectivity index (χ1n) is 7.63. The third-order valence-electron chi connectivity index (χ3n) is 5.69. The molecule has 1 aromatic carbocycles. The lowest BCUT2D eigenvalue weighted by molar-refractivity contribution is -0.118. The molecule has 104 valence electrons. The van der Waals surface area contributed by atoms with E-state index in [1.54, 1.807) is 12.1 Å². The highest BCUT2D eigenvalue weighted by molar-refractivity contribution is 6.25. The Balaban J connectivity index is 1.81. The van der Waals surface area contributed by atoms with E-state index in [1.807, 2.05) is 13.8 Å². The summed E-state index contributed by atoms with van der Waals surface area (Å²) in [6.07, 6.45) is 6.06. The maximum Gasteiger partial charge on any atom is 0.167 e. The number of allylic oxidation sites excluding steroid dienone is 2. The van der Waals surface area contributed by atoms with Crippen molar-refractivity contribution in [3.63, 3.8) is 0 Å². The van der Waals surface area contributed by atoms with Gasteiger partial charge in [0.05, 0.1) is 0 Å². The van der Waals surface area contributed by atoms with Crippen molar-refractivity contribution in [2.24, 2.45) is 23.7 Å². The molecule has 1 aromatic rings. The molecule has 0 aliphatic heterocycles. The second-order valence-corrected chi connectivity index (χ2v) is 6.84. The minimum Gasteiger partial charge on any atom is -0.508 e. The number of carbonyl (C=O) groups excluding carboxylic acids is 1. The molecule has 20 heavy (non-hydrogen) atoms. The SMILES string of the molecule is Cc1cc(O)cc(C)c1C1=C[C@H]2[C@H]3CC[C@H](C3)[C@H]2C1=O. The number of Topliss-reactive ketones (excluding diaryl/α,β-unsaturated/α-hetero) is 1. The van der Waals surface area contributed by atoms with Crippen LogP contribution < -0.4 is 0 Å². The van der Waals surface area contributed by atoms with Crippen LogP contribution in [0.1, 0.15) is 36.0 Å². The molecule has 4 atom stereocenters. The number of hydrogen-bond donors (Lipinski definition) is 1. The molecule has 0 aromatic heterocycles. The fourth-order valence-electron chi connectivity index (χ4n) is 4.99. The van der Waals surface area contributed by atoms with Gasteiger partial charge in [-0.15, -0.1) is 0 Å². The first kappa shape index (κ1) is 12.2. The number of benzene rings is 1. The van der Waals surface area contributed by atoms with Crippen LogP contribution in [-0.4, -0.2) is 10.9 Å². The molecule has 2 nitrogen and oxygen atoms in total. The van der Waals surface area contributed by atoms with Gasteiger partial charge in [0.25, 0.3) is 0 Å². The largest absolute Gasteiger partial charge is 0.508 e. The van der Waals surface area contributed by atoms with Crippen LogP contribution in [0.15, 0.2) is 18.2 Å². The van der Waals surface area contributed by atoms with Gasteiger partial charge in [-0.2, -0.15) is 0 Å². The summed E-state index contributed by atoms with van der Waals surface area (Å²) in [7, 11) is 0. The predicted molar refractivity (Wildman–Crippen MR) is 78.4 cm³/mol. The van der Waals surface area contributed by atoms with E-state index in [1.165, 1.54) is 19.3 Å². The van der Waals surface area contributed by atoms with Gasteiger partial charge in [0.1, 0.15) is 5.75 Å². The molecule has 3 aliphatic carbocycles. The van der Waals surface area contributed by atoms with Gasteiger partial charge in [0.2, 0.25) is 0 Å². The highest BCUT2D eigenvalue weighted by Gasteiger charge is 2.53. The molecule has 2 bridgehead atoms. The summed E-state index contributed by atoms with van der Waals surface area (Å²) in [6.45, 7) is 3.97. The highest BCUT2D eigenvalue weighted by atomic mass is 16.3. The number of phenols is 1. The van der Waals surface area contributed by atoms with Crippen molar-refractivity contribution in [2.75, 3.05) is 0 Å². The summed E-state index contributed by atoms with van der Waals surface area (Å²) in [5, 5.41) is 9.68. The van der Waals surface area contributed by atoms with Crippen molar-refractivity contribution in [3.05, 3.63) is 34.9 Å². The zero-order valence-corrected chi connectivity index (χ0v) is 12.0. The maximum absolute atomic E-state index is 12.8. The molecule has 2 saturated carbocycles. The molecule has 4 rings (SSSR count). The Labute approximate surface area is 119 Å². The Kier molecular flexibility index (Phi) is 2.42. The van der Waals surface area contributed by atoms with Gasteiger partial charge >= 0.3 is 0 Å². The molecule has 0 unspecified atom stereocenters. The zero-order valence-electron chi connectivity index (χ0n) is 12.0. The number of hydrogen-bond acceptors (Lipinski definition) is 2. The number of fused-ring (bicyclic) bond motifs is 5. The molecule has 3 aliphatic rings. The first-order chi connectivity index (χ1) is 9.56. The van der Waals surface area contributed by atoms with Gasteiger partial charge in [-0.25, -0.2) is 0 Å². The minimum atomic E-state index is 0.261. The molecule has 0 amide bonds. The smallest absolute Gasteiger partial charge is 0.167 e. The molecule has 0 saturated heterocycles. The van der Waals surface area contributed by atoms with Gasteiger partial charge in [0.15, 0.2) is 5.78 Å². The van der Waals surface area contributed by atoms with Crippen LogP contribution in [0.5, 0.6) is 5.75 Å². The van der Waals surface area contributed by atoms with Crippen LogP contribution >= 0.6 is 0 Å². The van der Waals surface area contributed by atoms with Crippen LogP contribution in [0, 0.1) is 37.5 Å². The highest BCUT2D eigenvalue weighted by Crippen LogP contribution is 2.57. The van der Waals surface area contributed by atoms with Crippen LogP contribution in [0.3, 0.4) is 0 Å². The molecule has 0 heterocycles. The van der Waals surface area contributed by atoms with E-state index in [9.17, 15) is 9.90 Å². The summed E-state index contributed by atoms with van der Waals surface area (Å²) in [4.78, 5) is 12.8. The van der Waals surface area contributed by atoms with E-state index in [0.717, 1.165) is 28.2 Å². The Hall–Kier alpha value is -1.57. The lowest BCUT2D eigenvalue weighted by atomic mass is 9.80. The molecule has 0 radical (unpaired) electrons. The second-order valence-electron chi connectivity index (χ2n) is 6.84. The maximum atomic E-state index is 12.8. The van der Waals surface area contributed by atoms with E-state index < -0.39 is 0 Å². The normalized spacial score (nSPS) is 34.5. The molecular weight excluding hydrogens is 248 g/mol. The van der Waals surface area contributed by atoms with Crippen molar-refractivity contribution < 1.29 is 9.90 Å². The van der Waals surface area contributed by atoms with Crippen molar-refractivity contribution in [3.8, 4) is 5.75 Å². The third kappa shape index (κ3) is 1.48. The average molecular weight is 268 g/mol. The standard InChI is InChI=1S/C18H20O2/c1-9-5-13(19)6-10(2)16(9)15-8-14-11-3-4-12(7-11)17(14)18(15)20/h5-6,8,11-12,14,17,19H,3-4,7H2,1-2H3/t11-,12+,14-,17+/m0/s1. The van der Waals surface area contributed by atoms with Gasteiger partial charge < -0.3 is 5.11 Å². The second kappa shape index (κ2) is 3.97. The van der Waals surface area contributed by atoms with Gasteiger partial charge in [-0.3, -0.25) is 4.79 Å². The summed E-state index contributed by atoms with van der Waals surface area (Å²) in [6, 6.07) is 3.53. The molecule has 2 fully saturated rings. The first-order valence-corrected chi connectivity index (χ1v) is 7.63. The van der Waals surface area contributed by atoms with E-state index in [0.29, 0.717) is 17.6 Å². The quantitative estimate of drug-likeness (QED) is 0.844. The summed E-state index contributed by atoms with van der Waals surface area (Å²) in [5.41, 5.74) is 4.00. The number of phenolic OH excluding ortho intramolecular Hbond substituents is 1. The zero-order chi connectivity index (χ0) is 14.0. The lowest BCUT2D eigenvalue weighted by Gasteiger charge is -2.22. The number of aromatic hydroxyl groups is 1. The fraction of sp³-hybridized carbons (Fsp3) is 0.500. The van der Waals surface area contributed by atoms with Crippen molar-refractivity contribution in [1.82, 2.24) is 0 Å². The average Bonchev–Trinajstić information content (AvgIpc) is 3.02. The van der Waals surface area contributed by atoms with Gasteiger partial charge in [-0.1, -0.05) is 6.08 Å². The minimum absolute atomic E-state index is 0.261. The number of rotatable bonds is 1. The summed E-state index contributed by atoms with van der Waals surface area (Å²) in [5.74, 6) is 2.77. The lowest BCUT2D eigenvalue weighted by Crippen LogP contribution is -2.23. The summed E-state index contributed by atoms with van der Waals surface area (Å²) < 4.78 is 0. The molecular formula is C18H20O2. The number of carbonyl (C=O) groups is 1. The van der Waals surface area contributed by atoms with E-state index in [-0.39, 0.29) is 11.7 Å². The van der Waals surface area contributed by atoms with Crippen molar-refractivity contribution >= 4 is 11.4 Å². The van der Waals surface area contributed by atoms with Gasteiger partial charge in [0, 0.05) is 11.5 Å². The van der Waals surface area contributed by atoms with Crippen molar-refractivity contribution in [1.29, 1.82) is 0 Å². The predicted octanol–water partition coefficient (Wildman–Crippen LogP) is 3.64. The Morgan fingerprint density at radius 3 is 2.40 bits per heavy atom. The van der Waals surface area contributed by atoms with Crippen LogP contribution in [0.4, 0.5) is 0 Å². The fourth-order valence-corrected chi connectivity index (χ4v) is 4.99. The Morgan fingerprint density at radius 2 is 1.75 bits per heavy atom. The van der Waals surface area contributed by atoms with Crippen molar-refractivity contribution in [2.45, 2.75) is 33.1 Å². The monoisotopic (exact) mass is 268 g/mol. The van der Waals surface area contributed by atoms with E-state index in [4.69, 9.17) is 0 Å². The Bertz CT molecular complexity index is 618. The number of aryl methyl sites for hydroxylation is 2. The van der Waals surface area contributed by atoms with Gasteiger partial charge in [-0.05, 0) is 79.7 Å². The van der Waals surface area contributed by atoms with Crippen LogP contribution in [0.2, 0.25) is 0 Å². The van der Waals surface area contributed by atoms with Crippen LogP contribution in [-0.2, 0) is 4.79 Å². The molecule has 2 heteroatoms. The topological polar surface area (TPSA) is 37.3 Å². The third-order valence-corrected chi connectivity index (χ3v) is 5.69.